The Morgan fingerprint density at radius 3 is 2.65 bits per heavy atom. The number of hydrogen-bond donors (Lipinski definition) is 0. The van der Waals surface area contributed by atoms with Crippen molar-refractivity contribution in [2.24, 2.45) is 0 Å². The van der Waals surface area contributed by atoms with E-state index in [1.807, 2.05) is 0 Å². The summed E-state index contributed by atoms with van der Waals surface area (Å²) >= 11 is 0. The molecule has 20 heavy (non-hydrogen) atoms. The van der Waals surface area contributed by atoms with E-state index >= 15 is 0 Å². The number of aromatic nitrogens is 2. The molecule has 0 aliphatic rings. The van der Waals surface area contributed by atoms with Gasteiger partial charge in [-0.1, -0.05) is 29.4 Å². The molecular weight excluding hydrogens is 259 g/mol. The third-order valence-corrected chi connectivity index (χ3v) is 2.78. The molecule has 0 radical (unpaired) electrons. The van der Waals surface area contributed by atoms with Crippen LogP contribution in [0.2, 0.25) is 0 Å². The number of carbonyl (C=O) groups excluding carboxylic acids is 1. The van der Waals surface area contributed by atoms with Crippen molar-refractivity contribution in [3.63, 3.8) is 0 Å². The Labute approximate surface area is 113 Å². The average molecular weight is 268 g/mol. The summed E-state index contributed by atoms with van der Waals surface area (Å²) in [6, 6.07) is 12.8. The van der Waals surface area contributed by atoms with Crippen LogP contribution in [0.4, 0.5) is 4.39 Å². The molecule has 0 fully saturated rings. The number of carbonyl (C=O) groups is 1. The highest BCUT2D eigenvalue weighted by molar-refractivity contribution is 5.77. The SMILES string of the molecule is O=Cc1cccc(-c2noc(-c3cccc(F)c3)n2)c1. The first kappa shape index (κ1) is 12.2. The lowest BCUT2D eigenvalue weighted by Gasteiger charge is -1.95. The van der Waals surface area contributed by atoms with Gasteiger partial charge in [0.15, 0.2) is 0 Å². The summed E-state index contributed by atoms with van der Waals surface area (Å²) in [7, 11) is 0. The molecule has 3 rings (SSSR count). The van der Waals surface area contributed by atoms with Crippen LogP contribution in [0.25, 0.3) is 22.8 Å². The molecule has 0 aliphatic carbocycles. The number of benzene rings is 2. The van der Waals surface area contributed by atoms with Gasteiger partial charge in [0.25, 0.3) is 5.89 Å². The fourth-order valence-corrected chi connectivity index (χ4v) is 1.83. The highest BCUT2D eigenvalue weighted by Crippen LogP contribution is 2.22. The van der Waals surface area contributed by atoms with Crippen molar-refractivity contribution in [2.75, 3.05) is 0 Å². The summed E-state index contributed by atoms with van der Waals surface area (Å²) in [5.41, 5.74) is 1.70. The molecule has 98 valence electrons. The van der Waals surface area contributed by atoms with E-state index in [0.717, 1.165) is 6.29 Å². The van der Waals surface area contributed by atoms with Gasteiger partial charge >= 0.3 is 0 Å². The van der Waals surface area contributed by atoms with Crippen molar-refractivity contribution in [1.29, 1.82) is 0 Å². The first-order valence-electron chi connectivity index (χ1n) is 5.91. The molecule has 0 amide bonds. The Morgan fingerprint density at radius 2 is 1.85 bits per heavy atom. The van der Waals surface area contributed by atoms with Gasteiger partial charge in [0.2, 0.25) is 5.82 Å². The molecule has 0 atom stereocenters. The molecule has 0 saturated carbocycles. The van der Waals surface area contributed by atoms with Gasteiger partial charge in [-0.25, -0.2) is 4.39 Å². The van der Waals surface area contributed by atoms with Crippen LogP contribution in [0.15, 0.2) is 53.1 Å². The zero-order valence-electron chi connectivity index (χ0n) is 10.3. The van der Waals surface area contributed by atoms with Crippen LogP contribution in [0, 0.1) is 5.82 Å². The van der Waals surface area contributed by atoms with Crippen LogP contribution in [0.1, 0.15) is 10.4 Å². The fraction of sp³-hybridized carbons (Fsp3) is 0. The van der Waals surface area contributed by atoms with Crippen LogP contribution in [0.5, 0.6) is 0 Å². The van der Waals surface area contributed by atoms with Gasteiger partial charge in [-0.3, -0.25) is 4.79 Å². The van der Waals surface area contributed by atoms with E-state index in [-0.39, 0.29) is 11.7 Å². The Bertz CT molecular complexity index is 768. The number of hydrogen-bond acceptors (Lipinski definition) is 4. The van der Waals surface area contributed by atoms with Crippen molar-refractivity contribution < 1.29 is 13.7 Å². The molecule has 0 unspecified atom stereocenters. The predicted octanol–water partition coefficient (Wildman–Crippen LogP) is 3.36. The number of aldehydes is 1. The van der Waals surface area contributed by atoms with E-state index in [0.29, 0.717) is 22.5 Å². The first-order valence-corrected chi connectivity index (χ1v) is 5.91. The Balaban J connectivity index is 1.99. The lowest BCUT2D eigenvalue weighted by Crippen LogP contribution is -1.85. The van der Waals surface area contributed by atoms with Crippen LogP contribution < -0.4 is 0 Å². The Morgan fingerprint density at radius 1 is 1.05 bits per heavy atom. The first-order chi connectivity index (χ1) is 9.76. The van der Waals surface area contributed by atoms with E-state index in [2.05, 4.69) is 10.1 Å². The number of rotatable bonds is 3. The van der Waals surface area contributed by atoms with Crippen molar-refractivity contribution >= 4 is 6.29 Å². The largest absolute Gasteiger partial charge is 0.334 e. The number of halogens is 1. The van der Waals surface area contributed by atoms with Crippen molar-refractivity contribution in [1.82, 2.24) is 10.1 Å². The molecule has 1 aromatic heterocycles. The van der Waals surface area contributed by atoms with Crippen LogP contribution >= 0.6 is 0 Å². The summed E-state index contributed by atoms with van der Waals surface area (Å²) in [6.07, 6.45) is 0.747. The molecule has 0 aliphatic heterocycles. The van der Waals surface area contributed by atoms with Gasteiger partial charge < -0.3 is 4.52 Å². The molecular formula is C15H9FN2O2. The number of nitrogens with zero attached hydrogens (tertiary/aromatic N) is 2. The molecule has 0 saturated heterocycles. The normalized spacial score (nSPS) is 10.4. The van der Waals surface area contributed by atoms with Gasteiger partial charge in [0, 0.05) is 16.7 Å². The van der Waals surface area contributed by atoms with Crippen molar-refractivity contribution in [3.05, 3.63) is 59.9 Å². The summed E-state index contributed by atoms with van der Waals surface area (Å²) in [5, 5.41) is 3.84. The van der Waals surface area contributed by atoms with Gasteiger partial charge in [-0.15, -0.1) is 0 Å². The minimum absolute atomic E-state index is 0.232. The molecule has 0 bridgehead atoms. The monoisotopic (exact) mass is 268 g/mol. The molecule has 5 heteroatoms. The zero-order chi connectivity index (χ0) is 13.9. The van der Waals surface area contributed by atoms with Crippen LogP contribution in [-0.4, -0.2) is 16.4 Å². The van der Waals surface area contributed by atoms with Crippen LogP contribution in [-0.2, 0) is 0 Å². The molecule has 1 heterocycles. The third-order valence-electron chi connectivity index (χ3n) is 2.78. The van der Waals surface area contributed by atoms with E-state index in [9.17, 15) is 9.18 Å². The van der Waals surface area contributed by atoms with E-state index in [4.69, 9.17) is 4.52 Å². The third kappa shape index (κ3) is 2.33. The summed E-state index contributed by atoms with van der Waals surface area (Å²) in [6.45, 7) is 0. The van der Waals surface area contributed by atoms with Crippen LogP contribution in [0.3, 0.4) is 0 Å². The fourth-order valence-electron chi connectivity index (χ4n) is 1.83. The maximum Gasteiger partial charge on any atom is 0.258 e. The lowest BCUT2D eigenvalue weighted by molar-refractivity contribution is 0.112. The highest BCUT2D eigenvalue weighted by Gasteiger charge is 2.11. The maximum atomic E-state index is 13.2. The standard InChI is InChI=1S/C15H9FN2O2/c16-13-6-2-5-12(8-13)15-17-14(18-20-15)11-4-1-3-10(7-11)9-19/h1-9H. The second-order valence-electron chi connectivity index (χ2n) is 4.18. The quantitative estimate of drug-likeness (QED) is 0.683. The van der Waals surface area contributed by atoms with Gasteiger partial charge in [-0.2, -0.15) is 4.98 Å². The second kappa shape index (κ2) is 5.05. The van der Waals surface area contributed by atoms with Gasteiger partial charge in [0.05, 0.1) is 0 Å². The molecule has 3 aromatic rings. The zero-order valence-corrected chi connectivity index (χ0v) is 10.3. The van der Waals surface area contributed by atoms with E-state index in [1.165, 1.54) is 12.1 Å². The van der Waals surface area contributed by atoms with Gasteiger partial charge in [0.1, 0.15) is 12.1 Å². The van der Waals surface area contributed by atoms with Gasteiger partial charge in [-0.05, 0) is 24.3 Å². The smallest absolute Gasteiger partial charge is 0.258 e. The molecule has 0 spiro atoms. The highest BCUT2D eigenvalue weighted by atomic mass is 19.1. The van der Waals surface area contributed by atoms with Crippen molar-refractivity contribution in [2.45, 2.75) is 0 Å². The maximum absolute atomic E-state index is 13.2. The summed E-state index contributed by atoms with van der Waals surface area (Å²) < 4.78 is 18.3. The summed E-state index contributed by atoms with van der Waals surface area (Å²) in [5.74, 6) is 0.217. The van der Waals surface area contributed by atoms with Crippen molar-refractivity contribution in [3.8, 4) is 22.8 Å². The minimum atomic E-state index is -0.370. The lowest BCUT2D eigenvalue weighted by atomic mass is 10.1. The van der Waals surface area contributed by atoms with E-state index in [1.54, 1.807) is 36.4 Å². The Hall–Kier alpha value is -2.82. The molecule has 2 aromatic carbocycles. The van der Waals surface area contributed by atoms with E-state index < -0.39 is 0 Å². The molecule has 0 N–H and O–H groups in total. The Kier molecular flexibility index (Phi) is 3.09. The predicted molar refractivity (Wildman–Crippen MR) is 70.5 cm³/mol. The second-order valence-corrected chi connectivity index (χ2v) is 4.18. The topological polar surface area (TPSA) is 56.0 Å². The minimum Gasteiger partial charge on any atom is -0.334 e. The average Bonchev–Trinajstić information content (AvgIpc) is 2.97. The molecule has 4 nitrogen and oxygen atoms in total. The summed E-state index contributed by atoms with van der Waals surface area (Å²) in [4.78, 5) is 15.0.